The van der Waals surface area contributed by atoms with Gasteiger partial charge in [0.2, 0.25) is 5.91 Å². The van der Waals surface area contributed by atoms with Crippen molar-refractivity contribution in [3.8, 4) is 0 Å². The Morgan fingerprint density at radius 3 is 2.10 bits per heavy atom. The molecule has 0 saturated carbocycles. The molecular formula is C14H17F3N2O2. The Morgan fingerprint density at radius 2 is 1.71 bits per heavy atom. The fourth-order valence-corrected chi connectivity index (χ4v) is 1.77. The molecule has 0 spiro atoms. The van der Waals surface area contributed by atoms with Gasteiger partial charge in [-0.1, -0.05) is 13.8 Å². The van der Waals surface area contributed by atoms with E-state index in [0.29, 0.717) is 6.42 Å². The first kappa shape index (κ1) is 17.0. The van der Waals surface area contributed by atoms with Crippen LogP contribution in [-0.4, -0.2) is 17.9 Å². The zero-order valence-corrected chi connectivity index (χ0v) is 11.7. The van der Waals surface area contributed by atoms with Crippen molar-refractivity contribution in [1.82, 2.24) is 5.32 Å². The molecule has 0 aromatic heterocycles. The number of carbonyl (C=O) groups is 2. The molecule has 0 aliphatic heterocycles. The Hall–Kier alpha value is -2.05. The van der Waals surface area contributed by atoms with Crippen LogP contribution in [-0.2, 0) is 11.0 Å². The summed E-state index contributed by atoms with van der Waals surface area (Å²) >= 11 is 0. The molecule has 0 saturated heterocycles. The standard InChI is InChI=1S/C14H17F3N2O2/c1-8(2)7-11(12(18)20)19-13(21)9-3-5-10(6-4-9)14(15,16)17/h3-6,8,11H,7H2,1-2H3,(H2,18,20)(H,19,21)/t11-/m0/s1. The number of carbonyl (C=O) groups excluding carboxylic acids is 2. The van der Waals surface area contributed by atoms with Crippen LogP contribution in [0.15, 0.2) is 24.3 Å². The van der Waals surface area contributed by atoms with Crippen molar-refractivity contribution in [2.24, 2.45) is 11.7 Å². The Kier molecular flexibility index (Phi) is 5.34. The summed E-state index contributed by atoms with van der Waals surface area (Å²) in [6, 6.07) is 2.91. The predicted molar refractivity (Wildman–Crippen MR) is 71.3 cm³/mol. The van der Waals surface area contributed by atoms with Crippen LogP contribution in [0.1, 0.15) is 36.2 Å². The third-order valence-corrected chi connectivity index (χ3v) is 2.83. The minimum absolute atomic E-state index is 0.0398. The molecule has 1 atom stereocenters. The van der Waals surface area contributed by atoms with E-state index >= 15 is 0 Å². The number of halogens is 3. The Bertz CT molecular complexity index is 510. The smallest absolute Gasteiger partial charge is 0.368 e. The van der Waals surface area contributed by atoms with Crippen molar-refractivity contribution in [1.29, 1.82) is 0 Å². The van der Waals surface area contributed by atoms with E-state index in [1.165, 1.54) is 0 Å². The number of nitrogens with two attached hydrogens (primary N) is 1. The molecule has 3 N–H and O–H groups in total. The summed E-state index contributed by atoms with van der Waals surface area (Å²) in [6.45, 7) is 3.72. The van der Waals surface area contributed by atoms with Gasteiger partial charge in [-0.05, 0) is 36.6 Å². The predicted octanol–water partition coefficient (Wildman–Crippen LogP) is 2.34. The monoisotopic (exact) mass is 302 g/mol. The number of hydrogen-bond acceptors (Lipinski definition) is 2. The van der Waals surface area contributed by atoms with Crippen molar-refractivity contribution < 1.29 is 22.8 Å². The van der Waals surface area contributed by atoms with Gasteiger partial charge in [0.15, 0.2) is 0 Å². The van der Waals surface area contributed by atoms with E-state index in [-0.39, 0.29) is 11.5 Å². The number of primary amides is 1. The molecule has 0 fully saturated rings. The van der Waals surface area contributed by atoms with Crippen LogP contribution in [0.4, 0.5) is 13.2 Å². The minimum Gasteiger partial charge on any atom is -0.368 e. The van der Waals surface area contributed by atoms with Gasteiger partial charge in [0.25, 0.3) is 5.91 Å². The first-order valence-electron chi connectivity index (χ1n) is 6.38. The van der Waals surface area contributed by atoms with Gasteiger partial charge in [-0.25, -0.2) is 0 Å². The molecule has 4 nitrogen and oxygen atoms in total. The maximum absolute atomic E-state index is 12.4. The highest BCUT2D eigenvalue weighted by Gasteiger charge is 2.30. The molecule has 1 aromatic carbocycles. The molecule has 21 heavy (non-hydrogen) atoms. The van der Waals surface area contributed by atoms with Crippen molar-refractivity contribution >= 4 is 11.8 Å². The summed E-state index contributed by atoms with van der Waals surface area (Å²) in [5, 5.41) is 2.43. The molecule has 2 amide bonds. The van der Waals surface area contributed by atoms with Crippen molar-refractivity contribution in [3.05, 3.63) is 35.4 Å². The lowest BCUT2D eigenvalue weighted by molar-refractivity contribution is -0.137. The van der Waals surface area contributed by atoms with E-state index in [1.807, 2.05) is 13.8 Å². The molecule has 0 aliphatic carbocycles. The fraction of sp³-hybridized carbons (Fsp3) is 0.429. The Morgan fingerprint density at radius 1 is 1.19 bits per heavy atom. The fourth-order valence-electron chi connectivity index (χ4n) is 1.77. The molecule has 7 heteroatoms. The molecular weight excluding hydrogens is 285 g/mol. The highest BCUT2D eigenvalue weighted by molar-refractivity contribution is 5.97. The van der Waals surface area contributed by atoms with Crippen LogP contribution in [0.3, 0.4) is 0 Å². The summed E-state index contributed by atoms with van der Waals surface area (Å²) in [5.41, 5.74) is 4.39. The van der Waals surface area contributed by atoms with Gasteiger partial charge >= 0.3 is 6.18 Å². The van der Waals surface area contributed by atoms with E-state index in [4.69, 9.17) is 5.73 Å². The number of rotatable bonds is 5. The van der Waals surface area contributed by atoms with E-state index in [0.717, 1.165) is 24.3 Å². The second-order valence-corrected chi connectivity index (χ2v) is 5.13. The Balaban J connectivity index is 2.81. The second-order valence-electron chi connectivity index (χ2n) is 5.13. The van der Waals surface area contributed by atoms with E-state index in [1.54, 1.807) is 0 Å². The molecule has 0 aliphatic rings. The highest BCUT2D eigenvalue weighted by atomic mass is 19.4. The van der Waals surface area contributed by atoms with Crippen LogP contribution in [0.5, 0.6) is 0 Å². The molecule has 116 valence electrons. The highest BCUT2D eigenvalue weighted by Crippen LogP contribution is 2.29. The summed E-state index contributed by atoms with van der Waals surface area (Å²) in [5.74, 6) is -1.17. The minimum atomic E-state index is -4.46. The quantitative estimate of drug-likeness (QED) is 0.876. The lowest BCUT2D eigenvalue weighted by Crippen LogP contribution is -2.45. The topological polar surface area (TPSA) is 72.2 Å². The maximum atomic E-state index is 12.4. The second kappa shape index (κ2) is 6.60. The van der Waals surface area contributed by atoms with Gasteiger partial charge in [0.05, 0.1) is 5.56 Å². The van der Waals surface area contributed by atoms with Crippen LogP contribution in [0.2, 0.25) is 0 Å². The number of amides is 2. The molecule has 0 heterocycles. The van der Waals surface area contributed by atoms with Gasteiger partial charge in [0.1, 0.15) is 6.04 Å². The average Bonchev–Trinajstić information content (AvgIpc) is 2.36. The number of benzene rings is 1. The SMILES string of the molecule is CC(C)C[C@H](NC(=O)c1ccc(C(F)(F)F)cc1)C(N)=O. The van der Waals surface area contributed by atoms with E-state index < -0.39 is 29.6 Å². The third-order valence-electron chi connectivity index (χ3n) is 2.83. The van der Waals surface area contributed by atoms with Gasteiger partial charge in [-0.3, -0.25) is 9.59 Å². The maximum Gasteiger partial charge on any atom is 0.416 e. The third kappa shape index (κ3) is 5.09. The zero-order valence-electron chi connectivity index (χ0n) is 11.7. The molecule has 1 aromatic rings. The van der Waals surface area contributed by atoms with Crippen LogP contribution >= 0.6 is 0 Å². The van der Waals surface area contributed by atoms with E-state index in [9.17, 15) is 22.8 Å². The summed E-state index contributed by atoms with van der Waals surface area (Å²) in [6.07, 6.45) is -4.09. The largest absolute Gasteiger partial charge is 0.416 e. The van der Waals surface area contributed by atoms with Crippen molar-refractivity contribution in [2.75, 3.05) is 0 Å². The molecule has 0 unspecified atom stereocenters. The Labute approximate surface area is 120 Å². The number of hydrogen-bond donors (Lipinski definition) is 2. The zero-order chi connectivity index (χ0) is 16.2. The molecule has 0 bridgehead atoms. The van der Waals surface area contributed by atoms with Gasteiger partial charge in [0, 0.05) is 5.56 Å². The average molecular weight is 302 g/mol. The van der Waals surface area contributed by atoms with Crippen LogP contribution < -0.4 is 11.1 Å². The lowest BCUT2D eigenvalue weighted by Gasteiger charge is -2.17. The summed E-state index contributed by atoms with van der Waals surface area (Å²) in [7, 11) is 0. The van der Waals surface area contributed by atoms with Gasteiger partial charge in [-0.2, -0.15) is 13.2 Å². The number of alkyl halides is 3. The van der Waals surface area contributed by atoms with Crippen molar-refractivity contribution in [3.63, 3.8) is 0 Å². The molecule has 1 rings (SSSR count). The van der Waals surface area contributed by atoms with Gasteiger partial charge < -0.3 is 11.1 Å². The lowest BCUT2D eigenvalue weighted by atomic mass is 10.0. The van der Waals surface area contributed by atoms with Crippen LogP contribution in [0.25, 0.3) is 0 Å². The number of nitrogens with one attached hydrogen (secondary N) is 1. The van der Waals surface area contributed by atoms with Gasteiger partial charge in [-0.15, -0.1) is 0 Å². The summed E-state index contributed by atoms with van der Waals surface area (Å²) < 4.78 is 37.3. The normalized spacial score (nSPS) is 13.0. The molecule has 0 radical (unpaired) electrons. The first-order chi connectivity index (χ1) is 9.61. The van der Waals surface area contributed by atoms with Crippen LogP contribution in [0, 0.1) is 5.92 Å². The first-order valence-corrected chi connectivity index (χ1v) is 6.38. The van der Waals surface area contributed by atoms with E-state index in [2.05, 4.69) is 5.32 Å². The summed E-state index contributed by atoms with van der Waals surface area (Å²) in [4.78, 5) is 23.1. The van der Waals surface area contributed by atoms with Crippen molar-refractivity contribution in [2.45, 2.75) is 32.5 Å².